The van der Waals surface area contributed by atoms with Gasteiger partial charge in [0.05, 0.1) is 5.49 Å². The van der Waals surface area contributed by atoms with E-state index < -0.39 is 10.3 Å². The Balaban J connectivity index is 2.26. The normalized spacial score (nSPS) is 18.7. The van der Waals surface area contributed by atoms with Crippen molar-refractivity contribution in [2.75, 3.05) is 13.1 Å². The second-order valence-electron chi connectivity index (χ2n) is 1.90. The topological polar surface area (TPSA) is 58.2 Å². The molecule has 4 nitrogen and oxygen atoms in total. The van der Waals surface area contributed by atoms with Crippen molar-refractivity contribution in [1.29, 1.82) is 0 Å². The van der Waals surface area contributed by atoms with Crippen molar-refractivity contribution in [3.8, 4) is 0 Å². The van der Waals surface area contributed by atoms with Gasteiger partial charge < -0.3 is 5.32 Å². The number of hydrogen-bond donors (Lipinski definition) is 2. The van der Waals surface area contributed by atoms with Gasteiger partial charge in [0.25, 0.3) is 0 Å². The highest BCUT2D eigenvalue weighted by Crippen LogP contribution is 1.86. The van der Waals surface area contributed by atoms with Gasteiger partial charge in [-0.15, -0.1) is 0 Å². The van der Waals surface area contributed by atoms with E-state index in [9.17, 15) is 8.42 Å². The maximum absolute atomic E-state index is 9.91. The van der Waals surface area contributed by atoms with Gasteiger partial charge in [-0.25, -0.2) is 0 Å². The fraction of sp³-hybridized carbons (Fsp3) is 0.750. The summed E-state index contributed by atoms with van der Waals surface area (Å²) in [6, 6.07) is 0.308. The standard InChI is InChI=1S/C4H8N2O2S/c7-9(8)3-6-4-1-5-2-4/h3-6H,1-2H2. The minimum atomic E-state index is -2.07. The molecule has 0 aromatic carbocycles. The number of nitrogens with one attached hydrogen (secondary N) is 2. The quantitative estimate of drug-likeness (QED) is 0.453. The molecule has 0 aromatic rings. The Labute approximate surface area is 54.8 Å². The molecular weight excluding hydrogens is 140 g/mol. The van der Waals surface area contributed by atoms with Crippen molar-refractivity contribution in [1.82, 2.24) is 10.6 Å². The first-order valence-electron chi connectivity index (χ1n) is 2.67. The second kappa shape index (κ2) is 2.95. The zero-order valence-corrected chi connectivity index (χ0v) is 5.61. The minimum absolute atomic E-state index is 0.308. The van der Waals surface area contributed by atoms with E-state index in [2.05, 4.69) is 10.6 Å². The highest BCUT2D eigenvalue weighted by molar-refractivity contribution is 7.71. The van der Waals surface area contributed by atoms with Crippen LogP contribution in [0.25, 0.3) is 0 Å². The molecule has 0 unspecified atom stereocenters. The van der Waals surface area contributed by atoms with Crippen LogP contribution in [0.15, 0.2) is 0 Å². The van der Waals surface area contributed by atoms with E-state index in [1.807, 2.05) is 0 Å². The molecule has 0 bridgehead atoms. The summed E-state index contributed by atoms with van der Waals surface area (Å²) in [7, 11) is -2.07. The van der Waals surface area contributed by atoms with Crippen LogP contribution < -0.4 is 10.6 Å². The first-order chi connectivity index (χ1) is 4.29. The van der Waals surface area contributed by atoms with Gasteiger partial charge in [0.1, 0.15) is 0 Å². The first-order valence-corrected chi connectivity index (χ1v) is 3.81. The Hall–Kier alpha value is -0.390. The van der Waals surface area contributed by atoms with Crippen molar-refractivity contribution in [3.05, 3.63) is 0 Å². The highest BCUT2D eigenvalue weighted by atomic mass is 32.2. The Morgan fingerprint density at radius 2 is 2.22 bits per heavy atom. The molecule has 2 N–H and O–H groups in total. The zero-order valence-electron chi connectivity index (χ0n) is 4.79. The molecular formula is C4H8N2O2S. The largest absolute Gasteiger partial charge is 0.314 e. The van der Waals surface area contributed by atoms with Crippen LogP contribution >= 0.6 is 0 Å². The van der Waals surface area contributed by atoms with Crippen molar-refractivity contribution < 1.29 is 8.42 Å². The first kappa shape index (κ1) is 6.73. The van der Waals surface area contributed by atoms with E-state index >= 15 is 0 Å². The summed E-state index contributed by atoms with van der Waals surface area (Å²) < 4.78 is 19.8. The Kier molecular flexibility index (Phi) is 2.21. The number of rotatable bonds is 2. The van der Waals surface area contributed by atoms with Crippen LogP contribution in [0.4, 0.5) is 0 Å². The predicted molar refractivity (Wildman–Crippen MR) is 34.8 cm³/mol. The third kappa shape index (κ3) is 2.13. The zero-order chi connectivity index (χ0) is 6.69. The molecule has 0 aliphatic carbocycles. The number of hydrogen-bond acceptors (Lipinski definition) is 3. The molecule has 1 aliphatic heterocycles. The molecule has 1 heterocycles. The van der Waals surface area contributed by atoms with Crippen LogP contribution in [0.5, 0.6) is 0 Å². The van der Waals surface area contributed by atoms with Crippen molar-refractivity contribution >= 4 is 15.8 Å². The van der Waals surface area contributed by atoms with Gasteiger partial charge in [-0.1, -0.05) is 0 Å². The lowest BCUT2D eigenvalue weighted by atomic mass is 10.2. The van der Waals surface area contributed by atoms with Crippen molar-refractivity contribution in [3.63, 3.8) is 0 Å². The highest BCUT2D eigenvalue weighted by Gasteiger charge is 2.13. The summed E-state index contributed by atoms with van der Waals surface area (Å²) >= 11 is 0. The summed E-state index contributed by atoms with van der Waals surface area (Å²) in [6.07, 6.45) is 0. The van der Waals surface area contributed by atoms with Crippen LogP contribution in [0, 0.1) is 0 Å². The molecule has 0 radical (unpaired) electrons. The fourth-order valence-electron chi connectivity index (χ4n) is 0.558. The monoisotopic (exact) mass is 148 g/mol. The Morgan fingerprint density at radius 3 is 2.56 bits per heavy atom. The lowest BCUT2D eigenvalue weighted by molar-refractivity contribution is 0.416. The average molecular weight is 148 g/mol. The minimum Gasteiger partial charge on any atom is -0.314 e. The molecule has 52 valence electrons. The van der Waals surface area contributed by atoms with E-state index in [0.717, 1.165) is 18.6 Å². The lowest BCUT2D eigenvalue weighted by Crippen LogP contribution is -2.54. The third-order valence-electron chi connectivity index (χ3n) is 1.18. The van der Waals surface area contributed by atoms with E-state index in [1.165, 1.54) is 0 Å². The van der Waals surface area contributed by atoms with Gasteiger partial charge in [-0.05, 0) is 0 Å². The molecule has 1 aliphatic rings. The smallest absolute Gasteiger partial charge is 0.224 e. The Bertz CT molecular complexity index is 197. The lowest BCUT2D eigenvalue weighted by Gasteiger charge is -2.25. The third-order valence-corrected chi connectivity index (χ3v) is 1.51. The van der Waals surface area contributed by atoms with Gasteiger partial charge in [0.2, 0.25) is 10.3 Å². The molecule has 0 spiro atoms. The van der Waals surface area contributed by atoms with E-state index in [0.29, 0.717) is 6.04 Å². The molecule has 1 saturated heterocycles. The van der Waals surface area contributed by atoms with Gasteiger partial charge in [-0.2, -0.15) is 8.42 Å². The average Bonchev–Trinajstić information content (AvgIpc) is 1.60. The maximum atomic E-state index is 9.91. The van der Waals surface area contributed by atoms with Gasteiger partial charge in [-0.3, -0.25) is 5.32 Å². The molecule has 0 aromatic heterocycles. The van der Waals surface area contributed by atoms with Crippen LogP contribution in [-0.2, 0) is 10.3 Å². The molecule has 1 rings (SSSR count). The molecule has 5 heteroatoms. The summed E-state index contributed by atoms with van der Waals surface area (Å²) in [5.74, 6) is 0. The van der Waals surface area contributed by atoms with Crippen LogP contribution in [0.1, 0.15) is 0 Å². The van der Waals surface area contributed by atoms with Crippen LogP contribution in [0.2, 0.25) is 0 Å². The summed E-state index contributed by atoms with van der Waals surface area (Å²) in [5, 5.41) is 5.72. The van der Waals surface area contributed by atoms with Crippen molar-refractivity contribution in [2.24, 2.45) is 0 Å². The van der Waals surface area contributed by atoms with E-state index in [4.69, 9.17) is 0 Å². The summed E-state index contributed by atoms with van der Waals surface area (Å²) in [4.78, 5) is 0. The molecule has 0 saturated carbocycles. The van der Waals surface area contributed by atoms with Gasteiger partial charge in [0.15, 0.2) is 0 Å². The van der Waals surface area contributed by atoms with Crippen molar-refractivity contribution in [2.45, 2.75) is 6.04 Å². The van der Waals surface area contributed by atoms with E-state index in [1.54, 1.807) is 0 Å². The van der Waals surface area contributed by atoms with Crippen LogP contribution in [0.3, 0.4) is 0 Å². The second-order valence-corrected chi connectivity index (χ2v) is 2.66. The summed E-state index contributed by atoms with van der Waals surface area (Å²) in [6.45, 7) is 1.71. The summed E-state index contributed by atoms with van der Waals surface area (Å²) in [5.41, 5.74) is 1.07. The Morgan fingerprint density at radius 1 is 1.56 bits per heavy atom. The molecule has 9 heavy (non-hydrogen) atoms. The molecule has 0 amide bonds. The maximum Gasteiger partial charge on any atom is 0.224 e. The SMILES string of the molecule is O=S(=O)=CNC1CNC1. The van der Waals surface area contributed by atoms with Gasteiger partial charge >= 0.3 is 0 Å². The van der Waals surface area contributed by atoms with E-state index in [-0.39, 0.29) is 0 Å². The predicted octanol–water partition coefficient (Wildman–Crippen LogP) is -1.81. The molecule has 0 atom stereocenters. The fourth-order valence-corrected chi connectivity index (χ4v) is 0.862. The van der Waals surface area contributed by atoms with Crippen LogP contribution in [-0.4, -0.2) is 33.0 Å². The molecule has 1 fully saturated rings. The van der Waals surface area contributed by atoms with Gasteiger partial charge in [0, 0.05) is 19.1 Å².